The summed E-state index contributed by atoms with van der Waals surface area (Å²) in [7, 11) is 0. The number of nitrogens with zero attached hydrogens (tertiary/aromatic N) is 5. The van der Waals surface area contributed by atoms with E-state index in [0.29, 0.717) is 18.9 Å². The van der Waals surface area contributed by atoms with Crippen LogP contribution in [0, 0.1) is 0 Å². The highest BCUT2D eigenvalue weighted by Crippen LogP contribution is 2.30. The summed E-state index contributed by atoms with van der Waals surface area (Å²) in [6, 6.07) is 0.990. The minimum atomic E-state index is -2.88. The fourth-order valence-corrected chi connectivity index (χ4v) is 2.88. The molecule has 1 saturated heterocycles. The molecule has 1 aliphatic heterocycles. The van der Waals surface area contributed by atoms with Gasteiger partial charge in [-0.25, -0.2) is 8.78 Å². The van der Waals surface area contributed by atoms with Crippen LogP contribution in [0.3, 0.4) is 0 Å². The van der Waals surface area contributed by atoms with Gasteiger partial charge in [0.15, 0.2) is 6.29 Å². The number of amides is 1. The SMILES string of the molecule is CCN(C(=O)c1cnn(C(C)C2OCCO2)c1C(F)F)c1ccnnc1. The second kappa shape index (κ2) is 7.83. The Morgan fingerprint density at radius 1 is 1.35 bits per heavy atom. The van der Waals surface area contributed by atoms with Crippen LogP contribution in [0.1, 0.15) is 42.4 Å². The fraction of sp³-hybridized carbons (Fsp3) is 0.500. The Balaban J connectivity index is 1.95. The summed E-state index contributed by atoms with van der Waals surface area (Å²) in [4.78, 5) is 14.2. The van der Waals surface area contributed by atoms with E-state index in [-0.39, 0.29) is 12.1 Å². The highest BCUT2D eigenvalue weighted by Gasteiger charge is 2.33. The molecule has 0 N–H and O–H groups in total. The summed E-state index contributed by atoms with van der Waals surface area (Å²) >= 11 is 0. The summed E-state index contributed by atoms with van der Waals surface area (Å²) < 4.78 is 39.4. The zero-order valence-corrected chi connectivity index (χ0v) is 14.4. The Kier molecular flexibility index (Phi) is 5.52. The van der Waals surface area contributed by atoms with Crippen molar-refractivity contribution in [1.29, 1.82) is 0 Å². The van der Waals surface area contributed by atoms with Gasteiger partial charge in [0, 0.05) is 6.54 Å². The van der Waals surface area contributed by atoms with Crippen LogP contribution in [-0.2, 0) is 9.47 Å². The molecule has 2 aromatic heterocycles. The molecule has 1 aliphatic rings. The number of carbonyl (C=O) groups excluding carboxylic acids is 1. The van der Waals surface area contributed by atoms with Gasteiger partial charge >= 0.3 is 0 Å². The van der Waals surface area contributed by atoms with Gasteiger partial charge in [0.05, 0.1) is 43.1 Å². The molecule has 0 aromatic carbocycles. The predicted molar refractivity (Wildman–Crippen MR) is 87.0 cm³/mol. The average Bonchev–Trinajstić information content (AvgIpc) is 3.32. The number of alkyl halides is 2. The first-order chi connectivity index (χ1) is 12.5. The maximum Gasteiger partial charge on any atom is 0.280 e. The fourth-order valence-electron chi connectivity index (χ4n) is 2.88. The molecule has 0 spiro atoms. The van der Waals surface area contributed by atoms with Gasteiger partial charge in [-0.05, 0) is 19.9 Å². The Bertz CT molecular complexity index is 750. The van der Waals surface area contributed by atoms with Crippen LogP contribution in [0.4, 0.5) is 14.5 Å². The molecule has 1 amide bonds. The lowest BCUT2D eigenvalue weighted by atomic mass is 10.2. The van der Waals surface area contributed by atoms with E-state index >= 15 is 0 Å². The molecular formula is C16H19F2N5O3. The van der Waals surface area contributed by atoms with Crippen molar-refractivity contribution in [2.75, 3.05) is 24.7 Å². The first-order valence-corrected chi connectivity index (χ1v) is 8.21. The number of rotatable bonds is 6. The Morgan fingerprint density at radius 3 is 2.65 bits per heavy atom. The number of anilines is 1. The van der Waals surface area contributed by atoms with Crippen LogP contribution in [0.2, 0.25) is 0 Å². The minimum absolute atomic E-state index is 0.163. The van der Waals surface area contributed by atoms with E-state index in [1.807, 2.05) is 0 Å². The van der Waals surface area contributed by atoms with Gasteiger partial charge in [0.1, 0.15) is 11.7 Å². The van der Waals surface area contributed by atoms with Crippen molar-refractivity contribution in [3.63, 3.8) is 0 Å². The van der Waals surface area contributed by atoms with Gasteiger partial charge in [-0.1, -0.05) is 0 Å². The van der Waals surface area contributed by atoms with Crippen molar-refractivity contribution >= 4 is 11.6 Å². The normalized spacial score (nSPS) is 16.2. The zero-order valence-electron chi connectivity index (χ0n) is 14.4. The summed E-state index contributed by atoms with van der Waals surface area (Å²) in [5.74, 6) is -0.581. The first kappa shape index (κ1) is 18.3. The molecule has 3 rings (SSSR count). The van der Waals surface area contributed by atoms with Crippen molar-refractivity contribution in [2.45, 2.75) is 32.6 Å². The highest BCUT2D eigenvalue weighted by molar-refractivity contribution is 6.06. The number of halogens is 2. The first-order valence-electron chi connectivity index (χ1n) is 8.21. The quantitative estimate of drug-likeness (QED) is 0.779. The number of ether oxygens (including phenoxy) is 2. The molecule has 26 heavy (non-hydrogen) atoms. The third-order valence-electron chi connectivity index (χ3n) is 4.14. The number of hydrogen-bond acceptors (Lipinski definition) is 6. The summed E-state index contributed by atoms with van der Waals surface area (Å²) in [5, 5.41) is 11.4. The second-order valence-corrected chi connectivity index (χ2v) is 5.69. The van der Waals surface area contributed by atoms with Gasteiger partial charge < -0.3 is 14.4 Å². The molecule has 0 aliphatic carbocycles. The molecule has 0 saturated carbocycles. The third kappa shape index (κ3) is 3.42. The van der Waals surface area contributed by atoms with E-state index in [0.717, 1.165) is 10.9 Å². The molecule has 1 atom stereocenters. The molecule has 2 aromatic rings. The summed E-state index contributed by atoms with van der Waals surface area (Å²) in [6.07, 6.45) is 0.430. The van der Waals surface area contributed by atoms with Crippen LogP contribution in [-0.4, -0.2) is 51.9 Å². The monoisotopic (exact) mass is 367 g/mol. The molecule has 0 bridgehead atoms. The van der Waals surface area contributed by atoms with Gasteiger partial charge in [-0.15, -0.1) is 0 Å². The molecule has 10 heteroatoms. The Labute approximate surface area is 148 Å². The van der Waals surface area contributed by atoms with Crippen molar-refractivity contribution in [3.05, 3.63) is 35.9 Å². The molecule has 140 valence electrons. The minimum Gasteiger partial charge on any atom is -0.348 e. The van der Waals surface area contributed by atoms with Crippen molar-refractivity contribution in [3.8, 4) is 0 Å². The smallest absolute Gasteiger partial charge is 0.280 e. The summed E-state index contributed by atoms with van der Waals surface area (Å²) in [5.41, 5.74) is -0.151. The van der Waals surface area contributed by atoms with E-state index < -0.39 is 30.4 Å². The maximum atomic E-state index is 13.8. The van der Waals surface area contributed by atoms with Gasteiger partial charge in [0.25, 0.3) is 12.3 Å². The van der Waals surface area contributed by atoms with Crippen LogP contribution >= 0.6 is 0 Å². The molecule has 1 unspecified atom stereocenters. The largest absolute Gasteiger partial charge is 0.348 e. The summed E-state index contributed by atoms with van der Waals surface area (Å²) in [6.45, 7) is 4.47. The molecule has 8 nitrogen and oxygen atoms in total. The lowest BCUT2D eigenvalue weighted by Gasteiger charge is -2.22. The number of aromatic nitrogens is 4. The topological polar surface area (TPSA) is 82.4 Å². The molecule has 3 heterocycles. The van der Waals surface area contributed by atoms with E-state index in [9.17, 15) is 13.6 Å². The van der Waals surface area contributed by atoms with E-state index in [1.54, 1.807) is 19.9 Å². The lowest BCUT2D eigenvalue weighted by Crippen LogP contribution is -2.32. The number of hydrogen-bond donors (Lipinski definition) is 0. The molecular weight excluding hydrogens is 348 g/mol. The van der Waals surface area contributed by atoms with Crippen LogP contribution in [0.15, 0.2) is 24.7 Å². The van der Waals surface area contributed by atoms with Crippen molar-refractivity contribution < 1.29 is 23.0 Å². The third-order valence-corrected chi connectivity index (χ3v) is 4.14. The second-order valence-electron chi connectivity index (χ2n) is 5.69. The van der Waals surface area contributed by atoms with Gasteiger partial charge in [-0.2, -0.15) is 15.3 Å². The van der Waals surface area contributed by atoms with E-state index in [4.69, 9.17) is 9.47 Å². The maximum absolute atomic E-state index is 13.8. The highest BCUT2D eigenvalue weighted by atomic mass is 19.3. The van der Waals surface area contributed by atoms with E-state index in [1.165, 1.54) is 17.3 Å². The van der Waals surface area contributed by atoms with Gasteiger partial charge in [-0.3, -0.25) is 9.48 Å². The van der Waals surface area contributed by atoms with Crippen molar-refractivity contribution in [2.24, 2.45) is 0 Å². The molecule has 0 radical (unpaired) electrons. The van der Waals surface area contributed by atoms with E-state index in [2.05, 4.69) is 15.3 Å². The zero-order chi connectivity index (χ0) is 18.7. The Morgan fingerprint density at radius 2 is 2.08 bits per heavy atom. The predicted octanol–water partition coefficient (Wildman–Crippen LogP) is 2.21. The van der Waals surface area contributed by atoms with Gasteiger partial charge in [0.2, 0.25) is 0 Å². The lowest BCUT2D eigenvalue weighted by molar-refractivity contribution is -0.0778. The Hall–Kier alpha value is -2.46. The average molecular weight is 367 g/mol. The van der Waals surface area contributed by atoms with Crippen LogP contribution in [0.5, 0.6) is 0 Å². The van der Waals surface area contributed by atoms with Crippen molar-refractivity contribution in [1.82, 2.24) is 20.0 Å². The standard InChI is InChI=1S/C16H19F2N5O3/c1-3-22(11-4-5-19-20-8-11)15(24)12-9-21-23(13(12)14(17)18)10(2)16-25-6-7-26-16/h4-5,8-10,14,16H,3,6-7H2,1-2H3. The van der Waals surface area contributed by atoms with Crippen LogP contribution in [0.25, 0.3) is 0 Å². The molecule has 1 fully saturated rings. The number of carbonyl (C=O) groups is 1. The van der Waals surface area contributed by atoms with Crippen LogP contribution < -0.4 is 4.90 Å².